The zero-order valence-corrected chi connectivity index (χ0v) is 16.2. The summed E-state index contributed by atoms with van der Waals surface area (Å²) in [5, 5.41) is 11.5. The van der Waals surface area contributed by atoms with E-state index < -0.39 is 17.0 Å². The minimum absolute atomic E-state index is 0.000856. The Bertz CT molecular complexity index is 959. The van der Waals surface area contributed by atoms with Crippen LogP contribution in [0.2, 0.25) is 0 Å². The number of carbonyl (C=O) groups excluding carboxylic acids is 3. The number of rotatable bonds is 7. The summed E-state index contributed by atoms with van der Waals surface area (Å²) in [5.41, 5.74) is 1.46. The highest BCUT2D eigenvalue weighted by atomic mass is 32.2. The number of hydrogen-bond donors (Lipinski definition) is 2. The first-order valence-electron chi connectivity index (χ1n) is 8.98. The highest BCUT2D eigenvalue weighted by Crippen LogP contribution is 2.32. The summed E-state index contributed by atoms with van der Waals surface area (Å²) in [6, 6.07) is 12.4. The fourth-order valence-corrected chi connectivity index (χ4v) is 3.62. The third-order valence-corrected chi connectivity index (χ3v) is 5.16. The number of halogens is 1. The van der Waals surface area contributed by atoms with Crippen LogP contribution in [0.1, 0.15) is 17.5 Å². The molecule has 8 heteroatoms. The monoisotopic (exact) mass is 414 g/mol. The van der Waals surface area contributed by atoms with Gasteiger partial charge in [0.1, 0.15) is 11.6 Å². The molecule has 0 atom stereocenters. The molecule has 1 heterocycles. The SMILES string of the molecule is O=C(CCN1C(=O)SC(=Cc2cccc(F)c2)C1=O)NCCc1ccc(O)cc1. The number of benzene rings is 2. The van der Waals surface area contributed by atoms with E-state index in [1.54, 1.807) is 30.3 Å². The van der Waals surface area contributed by atoms with Gasteiger partial charge in [-0.15, -0.1) is 0 Å². The lowest BCUT2D eigenvalue weighted by atomic mass is 10.1. The Hall–Kier alpha value is -3.13. The molecule has 0 radical (unpaired) electrons. The van der Waals surface area contributed by atoms with Gasteiger partial charge >= 0.3 is 0 Å². The maximum atomic E-state index is 13.3. The van der Waals surface area contributed by atoms with Gasteiger partial charge in [-0.1, -0.05) is 24.3 Å². The van der Waals surface area contributed by atoms with E-state index in [-0.39, 0.29) is 29.5 Å². The number of aromatic hydroxyl groups is 1. The molecule has 2 N–H and O–H groups in total. The number of phenols is 1. The van der Waals surface area contributed by atoms with Crippen LogP contribution in [0.3, 0.4) is 0 Å². The smallest absolute Gasteiger partial charge is 0.293 e. The second-order valence-corrected chi connectivity index (χ2v) is 7.40. The van der Waals surface area contributed by atoms with E-state index in [2.05, 4.69) is 5.32 Å². The van der Waals surface area contributed by atoms with Gasteiger partial charge in [0.25, 0.3) is 11.1 Å². The third kappa shape index (κ3) is 5.68. The number of thioether (sulfide) groups is 1. The Labute approximate surface area is 171 Å². The Morgan fingerprint density at radius 1 is 1.17 bits per heavy atom. The molecule has 1 saturated heterocycles. The molecule has 1 aliphatic heterocycles. The molecule has 150 valence electrons. The van der Waals surface area contributed by atoms with Crippen molar-refractivity contribution in [1.29, 1.82) is 0 Å². The molecule has 1 aliphatic rings. The van der Waals surface area contributed by atoms with Crippen molar-refractivity contribution in [3.63, 3.8) is 0 Å². The molecule has 6 nitrogen and oxygen atoms in total. The number of imide groups is 1. The number of amides is 3. The van der Waals surface area contributed by atoms with Gasteiger partial charge in [-0.25, -0.2) is 4.39 Å². The number of hydrogen-bond acceptors (Lipinski definition) is 5. The van der Waals surface area contributed by atoms with Crippen molar-refractivity contribution in [1.82, 2.24) is 10.2 Å². The van der Waals surface area contributed by atoms with Crippen molar-refractivity contribution in [2.75, 3.05) is 13.1 Å². The molecule has 3 amide bonds. The summed E-state index contributed by atoms with van der Waals surface area (Å²) in [6.45, 7) is 0.390. The Kier molecular flexibility index (Phi) is 6.66. The van der Waals surface area contributed by atoms with Gasteiger partial charge in [-0.3, -0.25) is 19.3 Å². The third-order valence-electron chi connectivity index (χ3n) is 4.25. The number of phenolic OH excluding ortho intramolecular Hbond substituents is 1. The quantitative estimate of drug-likeness (QED) is 0.679. The molecule has 0 spiro atoms. The molecule has 1 fully saturated rings. The molecule has 2 aromatic rings. The van der Waals surface area contributed by atoms with Gasteiger partial charge < -0.3 is 10.4 Å². The Morgan fingerprint density at radius 2 is 1.93 bits per heavy atom. The van der Waals surface area contributed by atoms with Gasteiger partial charge in [0, 0.05) is 19.5 Å². The van der Waals surface area contributed by atoms with Crippen LogP contribution in [-0.2, 0) is 16.0 Å². The van der Waals surface area contributed by atoms with Crippen LogP contribution in [0.4, 0.5) is 9.18 Å². The molecule has 0 aromatic heterocycles. The summed E-state index contributed by atoms with van der Waals surface area (Å²) in [7, 11) is 0. The minimum Gasteiger partial charge on any atom is -0.508 e. The van der Waals surface area contributed by atoms with E-state index in [9.17, 15) is 23.9 Å². The van der Waals surface area contributed by atoms with E-state index in [4.69, 9.17) is 0 Å². The lowest BCUT2D eigenvalue weighted by Gasteiger charge is -2.12. The van der Waals surface area contributed by atoms with Crippen LogP contribution in [0.5, 0.6) is 5.75 Å². The Balaban J connectivity index is 1.48. The first-order valence-corrected chi connectivity index (χ1v) is 9.79. The summed E-state index contributed by atoms with van der Waals surface area (Å²) in [5.74, 6) is -0.999. The average molecular weight is 414 g/mol. The van der Waals surface area contributed by atoms with Gasteiger partial charge in [-0.05, 0) is 59.7 Å². The van der Waals surface area contributed by atoms with Crippen LogP contribution in [0, 0.1) is 5.82 Å². The van der Waals surface area contributed by atoms with E-state index in [1.165, 1.54) is 24.3 Å². The lowest BCUT2D eigenvalue weighted by Crippen LogP contribution is -2.34. The normalized spacial score (nSPS) is 15.2. The number of carbonyl (C=O) groups is 3. The molecule has 0 bridgehead atoms. The van der Waals surface area contributed by atoms with Crippen LogP contribution in [0.25, 0.3) is 6.08 Å². The average Bonchev–Trinajstić information content (AvgIpc) is 2.94. The maximum absolute atomic E-state index is 13.3. The van der Waals surface area contributed by atoms with E-state index in [1.807, 2.05) is 0 Å². The van der Waals surface area contributed by atoms with Gasteiger partial charge in [0.05, 0.1) is 4.91 Å². The predicted octanol–water partition coefficient (Wildman–Crippen LogP) is 3.32. The zero-order chi connectivity index (χ0) is 20.8. The van der Waals surface area contributed by atoms with E-state index >= 15 is 0 Å². The van der Waals surface area contributed by atoms with Crippen LogP contribution in [-0.4, -0.2) is 40.1 Å². The second-order valence-electron chi connectivity index (χ2n) is 6.40. The molecule has 0 unspecified atom stereocenters. The van der Waals surface area contributed by atoms with Crippen molar-refractivity contribution in [2.24, 2.45) is 0 Å². The van der Waals surface area contributed by atoms with Crippen molar-refractivity contribution in [3.05, 3.63) is 70.4 Å². The standard InChI is InChI=1S/C21H19FN2O4S/c22-16-3-1-2-15(12-16)13-18-20(27)24(21(28)29-18)11-9-19(26)23-10-8-14-4-6-17(25)7-5-14/h1-7,12-13,25H,8-11H2,(H,23,26). The van der Waals surface area contributed by atoms with E-state index in [0.717, 1.165) is 22.2 Å². The molecule has 2 aromatic carbocycles. The number of nitrogens with zero attached hydrogens (tertiary/aromatic N) is 1. The minimum atomic E-state index is -0.485. The molecule has 0 aliphatic carbocycles. The molecular weight excluding hydrogens is 395 g/mol. The van der Waals surface area contributed by atoms with Gasteiger partial charge in [-0.2, -0.15) is 0 Å². The Morgan fingerprint density at radius 3 is 2.66 bits per heavy atom. The lowest BCUT2D eigenvalue weighted by molar-refractivity contribution is -0.124. The van der Waals surface area contributed by atoms with Crippen LogP contribution in [0.15, 0.2) is 53.4 Å². The van der Waals surface area contributed by atoms with Gasteiger partial charge in [0.15, 0.2) is 0 Å². The summed E-state index contributed by atoms with van der Waals surface area (Å²) < 4.78 is 13.3. The molecule has 3 rings (SSSR count). The second kappa shape index (κ2) is 9.38. The molecule has 29 heavy (non-hydrogen) atoms. The summed E-state index contributed by atoms with van der Waals surface area (Å²) in [4.78, 5) is 37.7. The highest BCUT2D eigenvalue weighted by Gasteiger charge is 2.34. The fourth-order valence-electron chi connectivity index (χ4n) is 2.75. The summed E-state index contributed by atoms with van der Waals surface area (Å²) in [6.07, 6.45) is 2.07. The van der Waals surface area contributed by atoms with Crippen molar-refractivity contribution >= 4 is 34.9 Å². The maximum Gasteiger partial charge on any atom is 0.293 e. The largest absolute Gasteiger partial charge is 0.508 e. The van der Waals surface area contributed by atoms with Crippen molar-refractivity contribution < 1.29 is 23.9 Å². The topological polar surface area (TPSA) is 86.7 Å². The zero-order valence-electron chi connectivity index (χ0n) is 15.4. The fraction of sp³-hybridized carbons (Fsp3) is 0.190. The van der Waals surface area contributed by atoms with E-state index in [0.29, 0.717) is 18.5 Å². The highest BCUT2D eigenvalue weighted by molar-refractivity contribution is 8.18. The summed E-state index contributed by atoms with van der Waals surface area (Å²) >= 11 is 0.774. The van der Waals surface area contributed by atoms with Crippen LogP contribution >= 0.6 is 11.8 Å². The van der Waals surface area contributed by atoms with Gasteiger partial charge in [0.2, 0.25) is 5.91 Å². The van der Waals surface area contributed by atoms with Crippen LogP contribution < -0.4 is 5.32 Å². The van der Waals surface area contributed by atoms with Crippen molar-refractivity contribution in [3.8, 4) is 5.75 Å². The van der Waals surface area contributed by atoms with Crippen molar-refractivity contribution in [2.45, 2.75) is 12.8 Å². The predicted molar refractivity (Wildman–Crippen MR) is 109 cm³/mol. The molecule has 0 saturated carbocycles. The first-order chi connectivity index (χ1) is 13.9. The number of nitrogens with one attached hydrogen (secondary N) is 1. The first kappa shape index (κ1) is 20.6. The molecular formula is C21H19FN2O4S.